The van der Waals surface area contributed by atoms with Gasteiger partial charge in [-0.3, -0.25) is 9.69 Å². The van der Waals surface area contributed by atoms with Crippen LogP contribution in [0.1, 0.15) is 44.9 Å². The smallest absolute Gasteiger partial charge is 0.226 e. The molecular weight excluding hydrogens is 300 g/mol. The highest BCUT2D eigenvalue weighted by molar-refractivity contribution is 7.91. The molecule has 3 fully saturated rings. The Bertz CT molecular complexity index is 500. The lowest BCUT2D eigenvalue weighted by molar-refractivity contribution is -0.134. The third kappa shape index (κ3) is 3.82. The van der Waals surface area contributed by atoms with Crippen molar-refractivity contribution in [3.05, 3.63) is 0 Å². The Balaban J connectivity index is 1.54. The van der Waals surface area contributed by atoms with E-state index >= 15 is 0 Å². The first-order valence-corrected chi connectivity index (χ1v) is 10.6. The van der Waals surface area contributed by atoms with Gasteiger partial charge < -0.3 is 4.90 Å². The molecule has 2 saturated heterocycles. The number of hydrogen-bond donors (Lipinski definition) is 0. The van der Waals surface area contributed by atoms with Crippen molar-refractivity contribution in [1.29, 1.82) is 0 Å². The molecule has 0 spiro atoms. The van der Waals surface area contributed by atoms with Crippen LogP contribution in [0, 0.1) is 5.92 Å². The van der Waals surface area contributed by atoms with Crippen molar-refractivity contribution in [2.45, 2.75) is 51.0 Å². The predicted molar refractivity (Wildman–Crippen MR) is 86.4 cm³/mol. The van der Waals surface area contributed by atoms with Gasteiger partial charge in [0.25, 0.3) is 0 Å². The van der Waals surface area contributed by atoms with Crippen LogP contribution >= 0.6 is 0 Å². The molecule has 0 aromatic heterocycles. The molecule has 1 saturated carbocycles. The third-order valence-corrected chi connectivity index (χ3v) is 7.28. The number of carbonyl (C=O) groups is 1. The molecule has 3 aliphatic rings. The van der Waals surface area contributed by atoms with Crippen molar-refractivity contribution in [3.8, 4) is 0 Å². The Kier molecular flexibility index (Phi) is 5.07. The third-order valence-electron chi connectivity index (χ3n) is 5.51. The van der Waals surface area contributed by atoms with Crippen LogP contribution in [0.15, 0.2) is 0 Å². The Morgan fingerprint density at radius 2 is 1.64 bits per heavy atom. The summed E-state index contributed by atoms with van der Waals surface area (Å²) in [5.41, 5.74) is 0. The zero-order valence-corrected chi connectivity index (χ0v) is 14.2. The first-order valence-electron chi connectivity index (χ1n) is 8.78. The monoisotopic (exact) mass is 328 g/mol. The normalized spacial score (nSPS) is 31.1. The summed E-state index contributed by atoms with van der Waals surface area (Å²) in [6, 6.07) is 0.704. The Labute approximate surface area is 134 Å². The highest BCUT2D eigenvalue weighted by Crippen LogP contribution is 2.25. The van der Waals surface area contributed by atoms with Crippen LogP contribution in [-0.4, -0.2) is 67.9 Å². The van der Waals surface area contributed by atoms with E-state index in [1.165, 1.54) is 32.1 Å². The summed E-state index contributed by atoms with van der Waals surface area (Å²) >= 11 is 0. The number of nitrogens with zero attached hydrogens (tertiary/aromatic N) is 2. The van der Waals surface area contributed by atoms with Gasteiger partial charge in [-0.25, -0.2) is 8.42 Å². The van der Waals surface area contributed by atoms with Gasteiger partial charge >= 0.3 is 0 Å². The van der Waals surface area contributed by atoms with E-state index in [2.05, 4.69) is 4.90 Å². The van der Waals surface area contributed by atoms with E-state index in [9.17, 15) is 13.2 Å². The zero-order chi connectivity index (χ0) is 15.6. The van der Waals surface area contributed by atoms with Crippen molar-refractivity contribution < 1.29 is 13.2 Å². The van der Waals surface area contributed by atoms with E-state index in [1.807, 2.05) is 4.90 Å². The molecule has 2 heterocycles. The minimum absolute atomic E-state index is 0.0642. The molecule has 0 aromatic rings. The highest BCUT2D eigenvalue weighted by atomic mass is 32.2. The van der Waals surface area contributed by atoms with Crippen molar-refractivity contribution in [1.82, 2.24) is 9.80 Å². The maximum absolute atomic E-state index is 12.6. The molecule has 22 heavy (non-hydrogen) atoms. The van der Waals surface area contributed by atoms with Crippen LogP contribution in [0.3, 0.4) is 0 Å². The lowest BCUT2D eigenvalue weighted by atomic mass is 9.94. The summed E-state index contributed by atoms with van der Waals surface area (Å²) in [6.07, 6.45) is 8.17. The molecule has 1 atom stereocenters. The summed E-state index contributed by atoms with van der Waals surface area (Å²) in [7, 11) is -2.97. The molecule has 0 radical (unpaired) electrons. The van der Waals surface area contributed by atoms with E-state index in [0.29, 0.717) is 12.5 Å². The first kappa shape index (κ1) is 16.2. The Morgan fingerprint density at radius 3 is 2.32 bits per heavy atom. The molecule has 3 rings (SSSR count). The van der Waals surface area contributed by atoms with Crippen LogP contribution in [0.5, 0.6) is 0 Å². The van der Waals surface area contributed by atoms with E-state index in [-0.39, 0.29) is 23.3 Å². The Hall–Kier alpha value is -0.620. The lowest BCUT2D eigenvalue weighted by Crippen LogP contribution is -2.42. The van der Waals surface area contributed by atoms with Crippen LogP contribution in [0.25, 0.3) is 0 Å². The summed E-state index contributed by atoms with van der Waals surface area (Å²) < 4.78 is 23.2. The van der Waals surface area contributed by atoms with Crippen molar-refractivity contribution in [3.63, 3.8) is 0 Å². The topological polar surface area (TPSA) is 57.7 Å². The average molecular weight is 328 g/mol. The largest absolute Gasteiger partial charge is 0.341 e. The SMILES string of the molecule is O=C([C@H]1CCS(=O)(=O)C1)N1CCCN(C2CCCCC2)CC1. The van der Waals surface area contributed by atoms with Gasteiger partial charge in [-0.1, -0.05) is 19.3 Å². The average Bonchev–Trinajstić information content (AvgIpc) is 2.74. The van der Waals surface area contributed by atoms with Gasteiger partial charge in [0.05, 0.1) is 17.4 Å². The molecule has 1 aliphatic carbocycles. The van der Waals surface area contributed by atoms with Gasteiger partial charge in [0.2, 0.25) is 5.91 Å². The van der Waals surface area contributed by atoms with Crippen LogP contribution < -0.4 is 0 Å². The van der Waals surface area contributed by atoms with Gasteiger partial charge in [0, 0.05) is 32.2 Å². The second kappa shape index (κ2) is 6.87. The summed E-state index contributed by atoms with van der Waals surface area (Å²) in [5.74, 6) is 0.0397. The minimum Gasteiger partial charge on any atom is -0.341 e. The summed E-state index contributed by atoms with van der Waals surface area (Å²) in [6.45, 7) is 3.60. The molecule has 0 bridgehead atoms. The number of carbonyl (C=O) groups excluding carboxylic acids is 1. The number of sulfone groups is 1. The first-order chi connectivity index (χ1) is 10.6. The minimum atomic E-state index is -2.97. The maximum Gasteiger partial charge on any atom is 0.226 e. The van der Waals surface area contributed by atoms with Crippen LogP contribution in [0.2, 0.25) is 0 Å². The second-order valence-corrected chi connectivity index (χ2v) is 9.34. The number of amides is 1. The number of hydrogen-bond acceptors (Lipinski definition) is 4. The van der Waals surface area contributed by atoms with Gasteiger partial charge in [-0.15, -0.1) is 0 Å². The molecule has 1 amide bonds. The fourth-order valence-electron chi connectivity index (χ4n) is 4.22. The van der Waals surface area contributed by atoms with E-state index in [4.69, 9.17) is 0 Å². The van der Waals surface area contributed by atoms with Crippen LogP contribution in [-0.2, 0) is 14.6 Å². The second-order valence-electron chi connectivity index (χ2n) is 7.11. The van der Waals surface area contributed by atoms with Gasteiger partial charge in [0.15, 0.2) is 9.84 Å². The molecule has 2 aliphatic heterocycles. The lowest BCUT2D eigenvalue weighted by Gasteiger charge is -2.33. The van der Waals surface area contributed by atoms with Crippen LogP contribution in [0.4, 0.5) is 0 Å². The van der Waals surface area contributed by atoms with Crippen molar-refractivity contribution >= 4 is 15.7 Å². The van der Waals surface area contributed by atoms with Gasteiger partial charge in [-0.2, -0.15) is 0 Å². The molecule has 126 valence electrons. The predicted octanol–water partition coefficient (Wildman–Crippen LogP) is 1.29. The molecule has 5 nitrogen and oxygen atoms in total. The zero-order valence-electron chi connectivity index (χ0n) is 13.4. The van der Waals surface area contributed by atoms with E-state index in [0.717, 1.165) is 32.6 Å². The van der Waals surface area contributed by atoms with Gasteiger partial charge in [-0.05, 0) is 25.7 Å². The van der Waals surface area contributed by atoms with Crippen molar-refractivity contribution in [2.24, 2.45) is 5.92 Å². The Morgan fingerprint density at radius 1 is 0.864 bits per heavy atom. The summed E-state index contributed by atoms with van der Waals surface area (Å²) in [5, 5.41) is 0. The molecule has 0 unspecified atom stereocenters. The highest BCUT2D eigenvalue weighted by Gasteiger charge is 2.36. The quantitative estimate of drug-likeness (QED) is 0.766. The molecule has 0 N–H and O–H groups in total. The standard InChI is InChI=1S/C16H28N2O3S/c19-16(14-7-12-22(20,21)13-14)18-9-4-8-17(10-11-18)15-5-2-1-3-6-15/h14-15H,1-13H2/t14-/m0/s1. The van der Waals surface area contributed by atoms with Gasteiger partial charge in [0.1, 0.15) is 0 Å². The van der Waals surface area contributed by atoms with E-state index < -0.39 is 9.84 Å². The van der Waals surface area contributed by atoms with E-state index in [1.54, 1.807) is 0 Å². The number of rotatable bonds is 2. The fourth-order valence-corrected chi connectivity index (χ4v) is 5.95. The van der Waals surface area contributed by atoms with Crippen molar-refractivity contribution in [2.75, 3.05) is 37.7 Å². The molecule has 6 heteroatoms. The fraction of sp³-hybridized carbons (Fsp3) is 0.938. The molecular formula is C16H28N2O3S. The molecule has 0 aromatic carbocycles. The summed E-state index contributed by atoms with van der Waals surface area (Å²) in [4.78, 5) is 17.1. The maximum atomic E-state index is 12.6.